The molecular weight excluding hydrogens is 499 g/mol. The van der Waals surface area contributed by atoms with E-state index < -0.39 is 11.7 Å². The van der Waals surface area contributed by atoms with Gasteiger partial charge in [0, 0.05) is 49.3 Å². The number of hydrogen-bond donors (Lipinski definition) is 0. The van der Waals surface area contributed by atoms with E-state index in [-0.39, 0.29) is 0 Å². The molecule has 0 amide bonds. The van der Waals surface area contributed by atoms with Gasteiger partial charge in [0.05, 0.1) is 10.9 Å². The molecule has 5 aromatic rings. The van der Waals surface area contributed by atoms with Crippen molar-refractivity contribution in [1.29, 1.82) is 0 Å². The third-order valence-corrected chi connectivity index (χ3v) is 7.60. The number of fused-ring (bicyclic) bond motifs is 1. The number of benzene rings is 3. The Morgan fingerprint density at radius 3 is 2.23 bits per heavy atom. The zero-order chi connectivity index (χ0) is 27.1. The Hall–Kier alpha value is -4.33. The number of aromatic nitrogens is 3. The Morgan fingerprint density at radius 1 is 0.769 bits per heavy atom. The van der Waals surface area contributed by atoms with E-state index in [1.165, 1.54) is 35.3 Å². The Morgan fingerprint density at radius 2 is 1.49 bits per heavy atom. The van der Waals surface area contributed by atoms with Crippen LogP contribution >= 0.6 is 0 Å². The fourth-order valence-electron chi connectivity index (χ4n) is 5.39. The first-order chi connectivity index (χ1) is 18.8. The molecule has 0 saturated carbocycles. The molecular formula is C31H28F3N5. The fraction of sp³-hybridized carbons (Fsp3) is 0.226. The van der Waals surface area contributed by atoms with Crippen LogP contribution in [0.15, 0.2) is 85.3 Å². The van der Waals surface area contributed by atoms with E-state index in [1.807, 2.05) is 36.5 Å². The molecule has 198 valence electrons. The van der Waals surface area contributed by atoms with Gasteiger partial charge in [-0.1, -0.05) is 48.5 Å². The maximum absolute atomic E-state index is 13.5. The molecule has 0 spiro atoms. The maximum Gasteiger partial charge on any atom is 0.416 e. The first-order valence-electron chi connectivity index (χ1n) is 13.0. The smallest absolute Gasteiger partial charge is 0.368 e. The third kappa shape index (κ3) is 4.60. The molecule has 0 radical (unpaired) electrons. The number of halogens is 3. The lowest BCUT2D eigenvalue weighted by Gasteiger charge is -2.37. The van der Waals surface area contributed by atoms with E-state index in [9.17, 15) is 13.2 Å². The highest BCUT2D eigenvalue weighted by molar-refractivity contribution is 6.02. The summed E-state index contributed by atoms with van der Waals surface area (Å²) in [6, 6.07) is 21.6. The third-order valence-electron chi connectivity index (χ3n) is 7.60. The van der Waals surface area contributed by atoms with Gasteiger partial charge in [-0.25, -0.2) is 9.97 Å². The summed E-state index contributed by atoms with van der Waals surface area (Å²) < 4.78 is 42.3. The standard InChI is InChI=1S/C31H28F3N5/c1-21-8-6-13-27(22(21)2)37-14-16-38(17-15-37)29-28-26(23-9-4-3-5-10-23)19-39(30(28)36-20-35-29)25-12-7-11-24(18-25)31(32,33)34/h3-13,18-20H,14-17H2,1-2H3. The maximum atomic E-state index is 13.5. The van der Waals surface area contributed by atoms with Crippen LogP contribution in [0.3, 0.4) is 0 Å². The molecule has 1 saturated heterocycles. The summed E-state index contributed by atoms with van der Waals surface area (Å²) in [5.41, 5.74) is 5.95. The van der Waals surface area contributed by atoms with Gasteiger partial charge in [-0.15, -0.1) is 0 Å². The van der Waals surface area contributed by atoms with Crippen molar-refractivity contribution in [2.75, 3.05) is 36.0 Å². The molecule has 39 heavy (non-hydrogen) atoms. The van der Waals surface area contributed by atoms with Crippen LogP contribution in [0.1, 0.15) is 16.7 Å². The van der Waals surface area contributed by atoms with Crippen LogP contribution in [0.5, 0.6) is 0 Å². The van der Waals surface area contributed by atoms with Crippen LogP contribution in [-0.2, 0) is 6.18 Å². The Balaban J connectivity index is 1.43. The number of rotatable bonds is 4. The van der Waals surface area contributed by atoms with Gasteiger partial charge < -0.3 is 14.4 Å². The van der Waals surface area contributed by atoms with Crippen molar-refractivity contribution >= 4 is 22.5 Å². The lowest BCUT2D eigenvalue weighted by atomic mass is 10.1. The zero-order valence-corrected chi connectivity index (χ0v) is 21.8. The van der Waals surface area contributed by atoms with Crippen molar-refractivity contribution in [3.63, 3.8) is 0 Å². The number of alkyl halides is 3. The second kappa shape index (κ2) is 9.76. The van der Waals surface area contributed by atoms with E-state index in [0.29, 0.717) is 11.3 Å². The average molecular weight is 528 g/mol. The second-order valence-electron chi connectivity index (χ2n) is 9.92. The van der Waals surface area contributed by atoms with Gasteiger partial charge in [0.2, 0.25) is 0 Å². The quantitative estimate of drug-likeness (QED) is 0.251. The molecule has 0 aliphatic carbocycles. The van der Waals surface area contributed by atoms with Crippen molar-refractivity contribution in [1.82, 2.24) is 14.5 Å². The monoisotopic (exact) mass is 527 g/mol. The summed E-state index contributed by atoms with van der Waals surface area (Å²) in [5, 5.41) is 0.835. The van der Waals surface area contributed by atoms with Gasteiger partial charge in [0.15, 0.2) is 5.65 Å². The van der Waals surface area contributed by atoms with E-state index in [0.717, 1.165) is 54.6 Å². The summed E-state index contributed by atoms with van der Waals surface area (Å²) in [5.74, 6) is 0.796. The predicted molar refractivity (Wildman–Crippen MR) is 150 cm³/mol. The van der Waals surface area contributed by atoms with E-state index >= 15 is 0 Å². The average Bonchev–Trinajstić information content (AvgIpc) is 3.35. The summed E-state index contributed by atoms with van der Waals surface area (Å²) >= 11 is 0. The predicted octanol–water partition coefficient (Wildman–Crippen LogP) is 7.05. The van der Waals surface area contributed by atoms with Gasteiger partial charge in [0.1, 0.15) is 12.1 Å². The zero-order valence-electron chi connectivity index (χ0n) is 21.8. The molecule has 1 fully saturated rings. The SMILES string of the molecule is Cc1cccc(N2CCN(c3ncnc4c3c(-c3ccccc3)cn4-c3cccc(C(F)(F)F)c3)CC2)c1C. The highest BCUT2D eigenvalue weighted by atomic mass is 19.4. The van der Waals surface area contributed by atoms with Crippen molar-refractivity contribution in [3.05, 3.63) is 102 Å². The molecule has 3 heterocycles. The highest BCUT2D eigenvalue weighted by Gasteiger charge is 2.31. The Kier molecular flexibility index (Phi) is 6.25. The van der Waals surface area contributed by atoms with Gasteiger partial charge >= 0.3 is 6.18 Å². The van der Waals surface area contributed by atoms with Gasteiger partial charge in [-0.3, -0.25) is 0 Å². The number of aryl methyl sites for hydroxylation is 1. The number of hydrogen-bond acceptors (Lipinski definition) is 4. The highest BCUT2D eigenvalue weighted by Crippen LogP contribution is 2.38. The van der Waals surface area contributed by atoms with Gasteiger partial charge in [-0.2, -0.15) is 13.2 Å². The molecule has 8 heteroatoms. The summed E-state index contributed by atoms with van der Waals surface area (Å²) in [7, 11) is 0. The molecule has 2 aromatic heterocycles. The largest absolute Gasteiger partial charge is 0.416 e. The molecule has 0 bridgehead atoms. The fourth-order valence-corrected chi connectivity index (χ4v) is 5.39. The molecule has 6 rings (SSSR count). The molecule has 5 nitrogen and oxygen atoms in total. The first kappa shape index (κ1) is 25.0. The van der Waals surface area contributed by atoms with Crippen LogP contribution in [0.4, 0.5) is 24.7 Å². The summed E-state index contributed by atoms with van der Waals surface area (Å²) in [6.45, 7) is 7.50. The number of anilines is 2. The van der Waals surface area contributed by atoms with Gasteiger partial charge in [-0.05, 0) is 54.8 Å². The van der Waals surface area contributed by atoms with Crippen molar-refractivity contribution < 1.29 is 13.2 Å². The molecule has 1 aliphatic rings. The lowest BCUT2D eigenvalue weighted by Crippen LogP contribution is -2.47. The van der Waals surface area contributed by atoms with E-state index in [2.05, 4.69) is 46.8 Å². The Labute approximate surface area is 225 Å². The minimum absolute atomic E-state index is 0.404. The second-order valence-corrected chi connectivity index (χ2v) is 9.92. The number of nitrogens with zero attached hydrogens (tertiary/aromatic N) is 5. The molecule has 0 unspecified atom stereocenters. The van der Waals surface area contributed by atoms with E-state index in [1.54, 1.807) is 10.6 Å². The lowest BCUT2D eigenvalue weighted by molar-refractivity contribution is -0.137. The minimum Gasteiger partial charge on any atom is -0.368 e. The van der Waals surface area contributed by atoms with E-state index in [4.69, 9.17) is 4.98 Å². The van der Waals surface area contributed by atoms with Crippen molar-refractivity contribution in [3.8, 4) is 16.8 Å². The van der Waals surface area contributed by atoms with Crippen molar-refractivity contribution in [2.45, 2.75) is 20.0 Å². The van der Waals surface area contributed by atoms with Gasteiger partial charge in [0.25, 0.3) is 0 Å². The Bertz CT molecular complexity index is 1630. The summed E-state index contributed by atoms with van der Waals surface area (Å²) in [4.78, 5) is 13.9. The van der Waals surface area contributed by atoms with Crippen LogP contribution in [0.25, 0.3) is 27.8 Å². The topological polar surface area (TPSA) is 37.2 Å². The summed E-state index contributed by atoms with van der Waals surface area (Å²) in [6.07, 6.45) is -1.05. The number of piperazine rings is 1. The van der Waals surface area contributed by atoms with Crippen molar-refractivity contribution in [2.24, 2.45) is 0 Å². The van der Waals surface area contributed by atoms with Crippen LogP contribution in [-0.4, -0.2) is 40.7 Å². The van der Waals surface area contributed by atoms with Crippen LogP contribution in [0.2, 0.25) is 0 Å². The van der Waals surface area contributed by atoms with Crippen LogP contribution < -0.4 is 9.80 Å². The molecule has 3 aromatic carbocycles. The normalized spacial score (nSPS) is 14.3. The van der Waals surface area contributed by atoms with Crippen LogP contribution in [0, 0.1) is 13.8 Å². The minimum atomic E-state index is -4.43. The molecule has 1 aliphatic heterocycles. The molecule has 0 atom stereocenters. The molecule has 0 N–H and O–H groups in total. The first-order valence-corrected chi connectivity index (χ1v) is 13.0.